The number of nitrogens with zero attached hydrogens (tertiary/aromatic N) is 1. The quantitative estimate of drug-likeness (QED) is 0.417. The van der Waals surface area contributed by atoms with Crippen LogP contribution in [0.1, 0.15) is 0 Å². The summed E-state index contributed by atoms with van der Waals surface area (Å²) < 4.78 is 5.48. The fraction of sp³-hybridized carbons (Fsp3) is 0.222. The zero-order chi connectivity index (χ0) is 10.2. The number of benzene rings is 1. The van der Waals surface area contributed by atoms with Crippen LogP contribution >= 0.6 is 20.3 Å². The average molecular weight is 420 g/mol. The molecule has 1 aromatic carbocycles. The molecule has 0 bridgehead atoms. The molecule has 0 unspecified atom stereocenters. The van der Waals surface area contributed by atoms with Crippen LogP contribution in [0.25, 0.3) is 0 Å². The van der Waals surface area contributed by atoms with Crippen molar-refractivity contribution in [1.29, 1.82) is 5.26 Å². The van der Waals surface area contributed by atoms with E-state index in [2.05, 4.69) is 0 Å². The first-order valence-electron chi connectivity index (χ1n) is 3.89. The van der Waals surface area contributed by atoms with E-state index in [1.807, 2.05) is 38.2 Å². The third kappa shape index (κ3) is 4.55. The molecule has 1 aromatic rings. The van der Waals surface area contributed by atoms with Crippen LogP contribution in [0.15, 0.2) is 29.2 Å². The van der Waals surface area contributed by atoms with Crippen LogP contribution in [0.5, 0.6) is 5.75 Å². The monoisotopic (exact) mass is 420 g/mol. The molecule has 14 heavy (non-hydrogen) atoms. The zero-order valence-corrected chi connectivity index (χ0v) is 11.8. The minimum atomic E-state index is 0.742. The maximum atomic E-state index is 8.44. The summed E-state index contributed by atoms with van der Waals surface area (Å²) in [4.78, 5) is 0.952. The van der Waals surface area contributed by atoms with E-state index in [0.29, 0.717) is 0 Å². The van der Waals surface area contributed by atoms with Crippen LogP contribution in [0.3, 0.4) is 0 Å². The molecule has 0 aliphatic heterocycles. The van der Waals surface area contributed by atoms with Crippen molar-refractivity contribution < 1.29 is 28.0 Å². The van der Waals surface area contributed by atoms with Crippen molar-refractivity contribution >= 4 is 20.3 Å². The van der Waals surface area contributed by atoms with Gasteiger partial charge in [0.15, 0.2) is 0 Å². The van der Waals surface area contributed by atoms with Crippen molar-refractivity contribution in [1.82, 2.24) is 0 Å². The number of thioether (sulfide) groups is 1. The van der Waals surface area contributed by atoms with Crippen LogP contribution in [0.2, 0.25) is 0 Å². The Hall–Kier alpha value is 0.0931. The Bertz CT molecular complexity index is 310. The SMILES string of the molecule is N#CSc1ccc(OCCS[At])cc1. The molecule has 0 aliphatic carbocycles. The maximum absolute atomic E-state index is 8.44. The van der Waals surface area contributed by atoms with E-state index in [1.165, 1.54) is 0 Å². The Balaban J connectivity index is 2.43. The molecule has 0 heterocycles. The van der Waals surface area contributed by atoms with Gasteiger partial charge in [0.05, 0.1) is 0 Å². The molecular formula is C9H8AtNOS2. The first-order chi connectivity index (χ1) is 6.86. The van der Waals surface area contributed by atoms with Gasteiger partial charge in [-0.1, -0.05) is 0 Å². The van der Waals surface area contributed by atoms with E-state index >= 15 is 0 Å². The van der Waals surface area contributed by atoms with Crippen molar-refractivity contribution in [2.45, 2.75) is 4.90 Å². The molecule has 0 saturated heterocycles. The summed E-state index contributed by atoms with van der Waals surface area (Å²) in [5, 5.41) is 10.5. The van der Waals surface area contributed by atoms with Gasteiger partial charge in [0, 0.05) is 0 Å². The van der Waals surface area contributed by atoms with Crippen molar-refractivity contribution in [3.8, 4) is 11.2 Å². The molecule has 0 aliphatic rings. The fourth-order valence-electron chi connectivity index (χ4n) is 0.848. The van der Waals surface area contributed by atoms with E-state index in [0.717, 1.165) is 34.8 Å². The first kappa shape index (κ1) is 12.2. The number of ether oxygens (including phenoxy) is 1. The fourth-order valence-corrected chi connectivity index (χ4v) is 2.11. The minimum absolute atomic E-state index is 0.742. The first-order valence-corrected chi connectivity index (χ1v) is 9.19. The number of rotatable bonds is 5. The van der Waals surface area contributed by atoms with Crippen LogP contribution in [0.4, 0.5) is 0 Å². The molecule has 0 aromatic heterocycles. The molecule has 0 atom stereocenters. The number of hydrogen-bond acceptors (Lipinski definition) is 4. The standard InChI is InChI=1S/C9H8AtNOS2/c10-14-6-5-12-8-1-3-9(4-2-8)13-7-11/h1-4H,5-6H2. The van der Waals surface area contributed by atoms with Gasteiger partial charge in [-0.2, -0.15) is 0 Å². The molecule has 0 radical (unpaired) electrons. The Morgan fingerprint density at radius 3 is 2.64 bits per heavy atom. The molecule has 74 valence electrons. The average Bonchev–Trinajstić information content (AvgIpc) is 2.21. The van der Waals surface area contributed by atoms with E-state index in [1.54, 1.807) is 23.3 Å². The van der Waals surface area contributed by atoms with Gasteiger partial charge in [0.1, 0.15) is 0 Å². The molecule has 1 rings (SSSR count). The number of hydrogen-bond donors (Lipinski definition) is 0. The molecule has 0 fully saturated rings. The van der Waals surface area contributed by atoms with Gasteiger partial charge >= 0.3 is 106 Å². The topological polar surface area (TPSA) is 33.0 Å². The summed E-state index contributed by atoms with van der Waals surface area (Å²) in [6.07, 6.45) is 0. The van der Waals surface area contributed by atoms with E-state index in [-0.39, 0.29) is 0 Å². The predicted molar refractivity (Wildman–Crippen MR) is 55.9 cm³/mol. The zero-order valence-electron chi connectivity index (χ0n) is 7.27. The van der Waals surface area contributed by atoms with Crippen LogP contribution in [0, 0.1) is 33.9 Å². The van der Waals surface area contributed by atoms with Gasteiger partial charge in [-0.25, -0.2) is 0 Å². The van der Waals surface area contributed by atoms with Crippen LogP contribution in [-0.2, 0) is 0 Å². The predicted octanol–water partition coefficient (Wildman–Crippen LogP) is 2.84. The Labute approximate surface area is 105 Å². The molecule has 0 saturated carbocycles. The molecule has 0 amide bonds. The van der Waals surface area contributed by atoms with Crippen molar-refractivity contribution in [2.75, 3.05) is 12.4 Å². The number of thiocyanates is 1. The third-order valence-electron chi connectivity index (χ3n) is 1.42. The molecular weight excluding hydrogens is 412 g/mol. The van der Waals surface area contributed by atoms with Gasteiger partial charge in [0.2, 0.25) is 0 Å². The third-order valence-corrected chi connectivity index (χ3v) is 4.14. The van der Waals surface area contributed by atoms with Gasteiger partial charge < -0.3 is 0 Å². The van der Waals surface area contributed by atoms with Crippen molar-refractivity contribution in [2.24, 2.45) is 0 Å². The second-order valence-electron chi connectivity index (χ2n) is 2.33. The van der Waals surface area contributed by atoms with Crippen molar-refractivity contribution in [3.05, 3.63) is 24.3 Å². The summed E-state index contributed by atoms with van der Waals surface area (Å²) in [5.74, 6) is 1.89. The van der Waals surface area contributed by atoms with Gasteiger partial charge in [0.25, 0.3) is 0 Å². The normalized spacial score (nSPS) is 9.43. The Morgan fingerprint density at radius 2 is 2.07 bits per heavy atom. The van der Waals surface area contributed by atoms with Crippen molar-refractivity contribution in [3.63, 3.8) is 0 Å². The summed E-state index contributed by atoms with van der Waals surface area (Å²) in [5.41, 5.74) is 0. The molecule has 0 spiro atoms. The molecule has 2 nitrogen and oxygen atoms in total. The molecule has 5 heteroatoms. The van der Waals surface area contributed by atoms with E-state index in [4.69, 9.17) is 10.00 Å². The van der Waals surface area contributed by atoms with Crippen LogP contribution in [-0.4, -0.2) is 12.4 Å². The van der Waals surface area contributed by atoms with Gasteiger partial charge in [-0.15, -0.1) is 0 Å². The summed E-state index contributed by atoms with van der Waals surface area (Å²) in [6.45, 7) is 0.742. The summed E-state index contributed by atoms with van der Waals surface area (Å²) in [6, 6.07) is 7.58. The second-order valence-corrected chi connectivity index (χ2v) is 6.36. The van der Waals surface area contributed by atoms with E-state index in [9.17, 15) is 0 Å². The summed E-state index contributed by atoms with van der Waals surface area (Å²) >= 11 is 2.86. The van der Waals surface area contributed by atoms with Gasteiger partial charge in [-0.05, 0) is 0 Å². The summed E-state index contributed by atoms with van der Waals surface area (Å²) in [7, 11) is 1.82. The Morgan fingerprint density at radius 1 is 1.36 bits per heavy atom. The van der Waals surface area contributed by atoms with Crippen LogP contribution < -0.4 is 4.74 Å². The van der Waals surface area contributed by atoms with Gasteiger partial charge in [-0.3, -0.25) is 0 Å². The Kier molecular flexibility index (Phi) is 6.42. The second kappa shape index (κ2) is 7.39. The number of nitriles is 1. The molecule has 0 N–H and O–H groups in total. The van der Waals surface area contributed by atoms with E-state index < -0.39 is 0 Å².